The summed E-state index contributed by atoms with van der Waals surface area (Å²) in [6.45, 7) is 4.90. The minimum Gasteiger partial charge on any atom is -0.497 e. The highest BCUT2D eigenvalue weighted by atomic mass is 79.9. The van der Waals surface area contributed by atoms with Gasteiger partial charge in [0.2, 0.25) is 0 Å². The van der Waals surface area contributed by atoms with Crippen molar-refractivity contribution in [2.75, 3.05) is 12.4 Å². The largest absolute Gasteiger partial charge is 0.497 e. The molecule has 37 heavy (non-hydrogen) atoms. The molecule has 2 heterocycles. The zero-order valence-corrected chi connectivity index (χ0v) is 22.7. The average Bonchev–Trinajstić information content (AvgIpc) is 2.92. The Kier molecular flexibility index (Phi) is 7.33. The number of benzene rings is 3. The molecule has 0 saturated carbocycles. The Balaban J connectivity index is 1.56. The van der Waals surface area contributed by atoms with Crippen molar-refractivity contribution in [3.63, 3.8) is 0 Å². The van der Waals surface area contributed by atoms with Crippen LogP contribution in [-0.4, -0.2) is 17.1 Å². The van der Waals surface area contributed by atoms with Crippen molar-refractivity contribution in [2.45, 2.75) is 20.4 Å². The number of aromatic nitrogens is 2. The molecule has 184 valence electrons. The van der Waals surface area contributed by atoms with Crippen LogP contribution in [0.3, 0.4) is 0 Å². The Morgan fingerprint density at radius 1 is 0.973 bits per heavy atom. The first-order chi connectivity index (χ1) is 18.0. The normalized spacial score (nSPS) is 11.5. The molecule has 5 aromatic rings. The molecule has 0 fully saturated rings. The van der Waals surface area contributed by atoms with Crippen molar-refractivity contribution in [3.05, 3.63) is 118 Å². The number of anilines is 1. The smallest absolute Gasteiger partial charge is 0.134 e. The number of halogens is 1. The Morgan fingerprint density at radius 2 is 1.78 bits per heavy atom. The van der Waals surface area contributed by atoms with E-state index in [1.54, 1.807) is 13.3 Å². The van der Waals surface area contributed by atoms with E-state index in [0.717, 1.165) is 49.2 Å². The molecule has 0 atom stereocenters. The molecule has 3 aromatic carbocycles. The number of methoxy groups -OCH3 is 1. The first-order valence-electron chi connectivity index (χ1n) is 12.2. The molecule has 0 bridgehead atoms. The molecule has 2 aromatic heterocycles. The zero-order chi connectivity index (χ0) is 25.8. The van der Waals surface area contributed by atoms with E-state index in [2.05, 4.69) is 113 Å². The van der Waals surface area contributed by atoms with Crippen LogP contribution in [0.25, 0.3) is 33.7 Å². The summed E-state index contributed by atoms with van der Waals surface area (Å²) >= 11 is 3.54. The van der Waals surface area contributed by atoms with Gasteiger partial charge in [0.15, 0.2) is 0 Å². The molecule has 0 unspecified atom stereocenters. The number of pyridine rings is 2. The Morgan fingerprint density at radius 3 is 2.54 bits per heavy atom. The molecule has 4 nitrogen and oxygen atoms in total. The number of nitrogens with one attached hydrogen (secondary N) is 1. The van der Waals surface area contributed by atoms with E-state index >= 15 is 0 Å². The topological polar surface area (TPSA) is 47.0 Å². The summed E-state index contributed by atoms with van der Waals surface area (Å²) in [5, 5.41) is 4.66. The van der Waals surface area contributed by atoms with Crippen molar-refractivity contribution in [1.82, 2.24) is 9.97 Å². The molecule has 1 N–H and O–H groups in total. The maximum absolute atomic E-state index is 5.29. The summed E-state index contributed by atoms with van der Waals surface area (Å²) in [6, 6.07) is 27.3. The summed E-state index contributed by atoms with van der Waals surface area (Å²) in [5.41, 5.74) is 8.98. The van der Waals surface area contributed by atoms with Crippen molar-refractivity contribution >= 4 is 44.3 Å². The van der Waals surface area contributed by atoms with E-state index < -0.39 is 0 Å². The molecule has 0 aliphatic carbocycles. The van der Waals surface area contributed by atoms with Crippen molar-refractivity contribution in [1.29, 1.82) is 0 Å². The predicted molar refractivity (Wildman–Crippen MR) is 158 cm³/mol. The first-order valence-corrected chi connectivity index (χ1v) is 13.0. The van der Waals surface area contributed by atoms with Gasteiger partial charge in [-0.15, -0.1) is 0 Å². The maximum atomic E-state index is 5.29. The highest BCUT2D eigenvalue weighted by Gasteiger charge is 2.10. The van der Waals surface area contributed by atoms with Crippen molar-refractivity contribution < 1.29 is 4.74 Å². The maximum Gasteiger partial charge on any atom is 0.134 e. The summed E-state index contributed by atoms with van der Waals surface area (Å²) in [4.78, 5) is 9.37. The first kappa shape index (κ1) is 24.7. The zero-order valence-electron chi connectivity index (χ0n) is 21.1. The van der Waals surface area contributed by atoms with Gasteiger partial charge in [-0.3, -0.25) is 4.98 Å². The van der Waals surface area contributed by atoms with Crippen molar-refractivity contribution in [3.8, 4) is 16.9 Å². The van der Waals surface area contributed by atoms with Gasteiger partial charge >= 0.3 is 0 Å². The van der Waals surface area contributed by atoms with Gasteiger partial charge in [-0.25, -0.2) is 4.98 Å². The molecule has 0 amide bonds. The SMILES string of the molecule is COc1ccc(CNc2nc3ccc(-c4ccccc4C)cc3cc2/C=C(\C)c2cncc(Br)c2)cc1. The fraction of sp³-hybridized carbons (Fsp3) is 0.125. The third-order valence-electron chi connectivity index (χ3n) is 6.45. The summed E-state index contributed by atoms with van der Waals surface area (Å²) in [6.07, 6.45) is 5.85. The molecule has 5 heteroatoms. The molecule has 0 aliphatic heterocycles. The standard InChI is InChI=1S/C32H28BrN3O/c1-21-6-4-5-7-30(21)24-10-13-31-25(15-24)16-26(14-22(2)27-17-28(33)20-34-19-27)32(36-31)35-18-23-8-11-29(37-3)12-9-23/h4-17,19-20H,18H2,1-3H3,(H,35,36)/b22-14+. The van der Waals surface area contributed by atoms with Crippen LogP contribution >= 0.6 is 15.9 Å². The summed E-state index contributed by atoms with van der Waals surface area (Å²) in [5.74, 6) is 1.69. The Hall–Kier alpha value is -3.96. The summed E-state index contributed by atoms with van der Waals surface area (Å²) in [7, 11) is 1.68. The third-order valence-corrected chi connectivity index (χ3v) is 6.89. The number of ether oxygens (including phenoxy) is 1. The van der Waals surface area contributed by atoms with Crippen LogP contribution in [0, 0.1) is 6.92 Å². The Labute approximate surface area is 226 Å². The Bertz CT molecular complexity index is 1590. The lowest BCUT2D eigenvalue weighted by atomic mass is 9.98. The number of hydrogen-bond acceptors (Lipinski definition) is 4. The number of fused-ring (bicyclic) bond motifs is 1. The molecular formula is C32H28BrN3O. The van der Waals surface area contributed by atoms with Crippen LogP contribution in [0.2, 0.25) is 0 Å². The number of hydrogen-bond donors (Lipinski definition) is 1. The molecule has 0 saturated heterocycles. The molecule has 0 aliphatic rings. The lowest BCUT2D eigenvalue weighted by Gasteiger charge is -2.13. The van der Waals surface area contributed by atoms with Crippen LogP contribution in [0.4, 0.5) is 5.82 Å². The quantitative estimate of drug-likeness (QED) is 0.221. The van der Waals surface area contributed by atoms with E-state index in [0.29, 0.717) is 6.54 Å². The van der Waals surface area contributed by atoms with E-state index in [-0.39, 0.29) is 0 Å². The fourth-order valence-corrected chi connectivity index (χ4v) is 4.75. The van der Waals surface area contributed by atoms with Crippen LogP contribution in [0.1, 0.15) is 29.2 Å². The molecular weight excluding hydrogens is 522 g/mol. The average molecular weight is 551 g/mol. The molecule has 0 radical (unpaired) electrons. The minimum atomic E-state index is 0.655. The fourth-order valence-electron chi connectivity index (χ4n) is 4.38. The monoisotopic (exact) mass is 549 g/mol. The van der Waals surface area contributed by atoms with Gasteiger partial charge in [-0.05, 0) is 106 Å². The predicted octanol–water partition coefficient (Wildman–Crippen LogP) is 8.55. The van der Waals surface area contributed by atoms with Crippen molar-refractivity contribution in [2.24, 2.45) is 0 Å². The van der Waals surface area contributed by atoms with Gasteiger partial charge < -0.3 is 10.1 Å². The van der Waals surface area contributed by atoms with E-state index in [9.17, 15) is 0 Å². The van der Waals surface area contributed by atoms with Gasteiger partial charge in [0, 0.05) is 34.4 Å². The van der Waals surface area contributed by atoms with Gasteiger partial charge in [0.05, 0.1) is 12.6 Å². The third kappa shape index (κ3) is 5.73. The number of nitrogens with zero attached hydrogens (tertiary/aromatic N) is 2. The lowest BCUT2D eigenvalue weighted by molar-refractivity contribution is 0.414. The molecule has 5 rings (SSSR count). The van der Waals surface area contributed by atoms with Gasteiger partial charge in [0.1, 0.15) is 11.6 Å². The van der Waals surface area contributed by atoms with Crippen LogP contribution in [0.15, 0.2) is 95.7 Å². The second-order valence-electron chi connectivity index (χ2n) is 9.07. The van der Waals surface area contributed by atoms with Crippen LogP contribution in [0.5, 0.6) is 5.75 Å². The van der Waals surface area contributed by atoms with E-state index in [4.69, 9.17) is 9.72 Å². The second kappa shape index (κ2) is 11.0. The van der Waals surface area contributed by atoms with Crippen LogP contribution in [-0.2, 0) is 6.54 Å². The lowest BCUT2D eigenvalue weighted by Crippen LogP contribution is -2.04. The second-order valence-corrected chi connectivity index (χ2v) is 9.99. The van der Waals surface area contributed by atoms with Crippen LogP contribution < -0.4 is 10.1 Å². The van der Waals surface area contributed by atoms with E-state index in [1.807, 2.05) is 18.3 Å². The minimum absolute atomic E-state index is 0.655. The van der Waals surface area contributed by atoms with E-state index in [1.165, 1.54) is 16.7 Å². The molecule has 0 spiro atoms. The van der Waals surface area contributed by atoms with Gasteiger partial charge in [0.25, 0.3) is 0 Å². The highest BCUT2D eigenvalue weighted by molar-refractivity contribution is 9.10. The number of allylic oxidation sites excluding steroid dienone is 1. The summed E-state index contributed by atoms with van der Waals surface area (Å²) < 4.78 is 6.25. The number of rotatable bonds is 7. The number of aryl methyl sites for hydroxylation is 1. The van der Waals surface area contributed by atoms with Gasteiger partial charge in [-0.1, -0.05) is 42.5 Å². The highest BCUT2D eigenvalue weighted by Crippen LogP contribution is 2.31. The van der Waals surface area contributed by atoms with Gasteiger partial charge in [-0.2, -0.15) is 0 Å².